The van der Waals surface area contributed by atoms with Crippen molar-refractivity contribution in [2.75, 3.05) is 33.2 Å². The lowest BCUT2D eigenvalue weighted by Gasteiger charge is -2.21. The summed E-state index contributed by atoms with van der Waals surface area (Å²) in [6, 6.07) is 5.14. The molecule has 1 aromatic rings. The molecule has 0 aliphatic rings. The fourth-order valence-electron chi connectivity index (χ4n) is 1.65. The van der Waals surface area contributed by atoms with Crippen LogP contribution in [0.2, 0.25) is 0 Å². The van der Waals surface area contributed by atoms with Gasteiger partial charge in [-0.1, -0.05) is 0 Å². The van der Waals surface area contributed by atoms with Gasteiger partial charge in [-0.3, -0.25) is 4.79 Å². The molecule has 0 saturated carbocycles. The average Bonchev–Trinajstić information content (AvgIpc) is 2.43. The average molecular weight is 272 g/mol. The maximum absolute atomic E-state index is 12.3. The van der Waals surface area contributed by atoms with E-state index in [0.717, 1.165) is 0 Å². The van der Waals surface area contributed by atoms with E-state index in [0.29, 0.717) is 36.0 Å². The van der Waals surface area contributed by atoms with Crippen molar-refractivity contribution >= 4 is 17.5 Å². The SMILES string of the molecule is CCN(CCCl)C(=O)c1ccc(OC)cc1OC. The second-order valence-corrected chi connectivity index (χ2v) is 4.02. The number of alkyl halides is 1. The van der Waals surface area contributed by atoms with Gasteiger partial charge in [-0.05, 0) is 19.1 Å². The molecule has 0 aliphatic carbocycles. The molecule has 0 saturated heterocycles. The van der Waals surface area contributed by atoms with Crippen molar-refractivity contribution in [1.29, 1.82) is 0 Å². The van der Waals surface area contributed by atoms with E-state index in [2.05, 4.69) is 0 Å². The lowest BCUT2D eigenvalue weighted by molar-refractivity contribution is 0.0770. The van der Waals surface area contributed by atoms with Crippen LogP contribution in [0.1, 0.15) is 17.3 Å². The molecule has 1 rings (SSSR count). The Hall–Kier alpha value is -1.42. The number of benzene rings is 1. The predicted octanol–water partition coefficient (Wildman–Crippen LogP) is 2.40. The van der Waals surface area contributed by atoms with Gasteiger partial charge in [-0.15, -0.1) is 11.6 Å². The van der Waals surface area contributed by atoms with Crippen molar-refractivity contribution in [2.45, 2.75) is 6.92 Å². The second-order valence-electron chi connectivity index (χ2n) is 3.64. The standard InChI is InChI=1S/C13H18ClNO3/c1-4-15(8-7-14)13(16)11-6-5-10(17-2)9-12(11)18-3/h5-6,9H,4,7-8H2,1-3H3. The zero-order valence-corrected chi connectivity index (χ0v) is 11.7. The number of halogens is 1. The first-order valence-electron chi connectivity index (χ1n) is 5.75. The summed E-state index contributed by atoms with van der Waals surface area (Å²) < 4.78 is 10.3. The minimum atomic E-state index is -0.0855. The lowest BCUT2D eigenvalue weighted by Crippen LogP contribution is -2.32. The number of ether oxygens (including phenoxy) is 2. The first-order valence-corrected chi connectivity index (χ1v) is 6.28. The van der Waals surface area contributed by atoms with Crippen molar-refractivity contribution in [3.63, 3.8) is 0 Å². The van der Waals surface area contributed by atoms with Gasteiger partial charge in [0.05, 0.1) is 19.8 Å². The Morgan fingerprint density at radius 1 is 1.33 bits per heavy atom. The topological polar surface area (TPSA) is 38.8 Å². The summed E-state index contributed by atoms with van der Waals surface area (Å²) in [5.41, 5.74) is 0.519. The van der Waals surface area contributed by atoms with Crippen LogP contribution in [0.3, 0.4) is 0 Å². The summed E-state index contributed by atoms with van der Waals surface area (Å²) in [7, 11) is 3.10. The molecule has 0 atom stereocenters. The van der Waals surface area contributed by atoms with Gasteiger partial charge in [0.2, 0.25) is 0 Å². The van der Waals surface area contributed by atoms with Gasteiger partial charge in [-0.2, -0.15) is 0 Å². The predicted molar refractivity (Wildman–Crippen MR) is 71.8 cm³/mol. The molecule has 0 radical (unpaired) electrons. The number of amides is 1. The van der Waals surface area contributed by atoms with Crippen LogP contribution in [0, 0.1) is 0 Å². The van der Waals surface area contributed by atoms with Crippen LogP contribution >= 0.6 is 11.6 Å². The Bertz CT molecular complexity index is 409. The smallest absolute Gasteiger partial charge is 0.257 e. The second kappa shape index (κ2) is 7.11. The summed E-state index contributed by atoms with van der Waals surface area (Å²) in [4.78, 5) is 14.0. The van der Waals surface area contributed by atoms with Crippen molar-refractivity contribution < 1.29 is 14.3 Å². The molecule has 4 nitrogen and oxygen atoms in total. The van der Waals surface area contributed by atoms with Gasteiger partial charge in [0.1, 0.15) is 11.5 Å². The van der Waals surface area contributed by atoms with Gasteiger partial charge in [-0.25, -0.2) is 0 Å². The van der Waals surface area contributed by atoms with E-state index in [1.165, 1.54) is 7.11 Å². The number of rotatable bonds is 6. The van der Waals surface area contributed by atoms with Crippen molar-refractivity contribution in [2.24, 2.45) is 0 Å². The van der Waals surface area contributed by atoms with E-state index in [4.69, 9.17) is 21.1 Å². The molecule has 0 bridgehead atoms. The maximum atomic E-state index is 12.3. The lowest BCUT2D eigenvalue weighted by atomic mass is 10.1. The summed E-state index contributed by atoms with van der Waals surface area (Å²) >= 11 is 5.68. The third-order valence-electron chi connectivity index (χ3n) is 2.66. The molecule has 1 aromatic carbocycles. The van der Waals surface area contributed by atoms with Crippen LogP contribution < -0.4 is 9.47 Å². The van der Waals surface area contributed by atoms with Crippen LogP contribution in [-0.2, 0) is 0 Å². The van der Waals surface area contributed by atoms with E-state index in [1.54, 1.807) is 30.2 Å². The van der Waals surface area contributed by atoms with Crippen molar-refractivity contribution in [1.82, 2.24) is 4.90 Å². The van der Waals surface area contributed by atoms with Gasteiger partial charge in [0, 0.05) is 25.0 Å². The monoisotopic (exact) mass is 271 g/mol. The fourth-order valence-corrected chi connectivity index (χ4v) is 1.85. The zero-order chi connectivity index (χ0) is 13.5. The molecule has 0 aliphatic heterocycles. The molecule has 5 heteroatoms. The summed E-state index contributed by atoms with van der Waals surface area (Å²) in [6.07, 6.45) is 0. The Balaban J connectivity index is 3.03. The number of methoxy groups -OCH3 is 2. The van der Waals surface area contributed by atoms with Crippen LogP contribution in [-0.4, -0.2) is 44.0 Å². The summed E-state index contributed by atoms with van der Waals surface area (Å²) in [5, 5.41) is 0. The normalized spacial score (nSPS) is 10.0. The molecule has 0 N–H and O–H groups in total. The van der Waals surface area contributed by atoms with E-state index < -0.39 is 0 Å². The van der Waals surface area contributed by atoms with Gasteiger partial charge in [0.15, 0.2) is 0 Å². The highest BCUT2D eigenvalue weighted by Crippen LogP contribution is 2.25. The van der Waals surface area contributed by atoms with Crippen LogP contribution in [0.5, 0.6) is 11.5 Å². The highest BCUT2D eigenvalue weighted by molar-refractivity contribution is 6.18. The molecular weight excluding hydrogens is 254 g/mol. The minimum absolute atomic E-state index is 0.0855. The van der Waals surface area contributed by atoms with Crippen LogP contribution in [0.4, 0.5) is 0 Å². The Morgan fingerprint density at radius 3 is 2.56 bits per heavy atom. The fraction of sp³-hybridized carbons (Fsp3) is 0.462. The molecular formula is C13H18ClNO3. The quantitative estimate of drug-likeness (QED) is 0.746. The minimum Gasteiger partial charge on any atom is -0.497 e. The van der Waals surface area contributed by atoms with E-state index in [-0.39, 0.29) is 5.91 Å². The Labute approximate surface area is 112 Å². The highest BCUT2D eigenvalue weighted by atomic mass is 35.5. The van der Waals surface area contributed by atoms with Gasteiger partial charge < -0.3 is 14.4 Å². The van der Waals surface area contributed by atoms with Crippen LogP contribution in [0.25, 0.3) is 0 Å². The number of carbonyl (C=O) groups excluding carboxylic acids is 1. The van der Waals surface area contributed by atoms with Gasteiger partial charge >= 0.3 is 0 Å². The molecule has 1 amide bonds. The Morgan fingerprint density at radius 2 is 2.06 bits per heavy atom. The third-order valence-corrected chi connectivity index (χ3v) is 2.83. The van der Waals surface area contributed by atoms with Crippen molar-refractivity contribution in [3.8, 4) is 11.5 Å². The summed E-state index contributed by atoms with van der Waals surface area (Å²) in [6.45, 7) is 3.05. The van der Waals surface area contributed by atoms with E-state index >= 15 is 0 Å². The molecule has 0 heterocycles. The number of hydrogen-bond donors (Lipinski definition) is 0. The molecule has 100 valence electrons. The molecule has 0 fully saturated rings. The first kappa shape index (κ1) is 14.6. The van der Waals surface area contributed by atoms with Crippen molar-refractivity contribution in [3.05, 3.63) is 23.8 Å². The highest BCUT2D eigenvalue weighted by Gasteiger charge is 2.18. The maximum Gasteiger partial charge on any atom is 0.257 e. The summed E-state index contributed by atoms with van der Waals surface area (Å²) in [5.74, 6) is 1.49. The largest absolute Gasteiger partial charge is 0.497 e. The van der Waals surface area contributed by atoms with E-state index in [1.807, 2.05) is 6.92 Å². The zero-order valence-electron chi connectivity index (χ0n) is 10.9. The molecule has 0 unspecified atom stereocenters. The van der Waals surface area contributed by atoms with Gasteiger partial charge in [0.25, 0.3) is 5.91 Å². The molecule has 18 heavy (non-hydrogen) atoms. The molecule has 0 aromatic heterocycles. The number of hydrogen-bond acceptors (Lipinski definition) is 3. The number of carbonyl (C=O) groups is 1. The number of nitrogens with zero attached hydrogens (tertiary/aromatic N) is 1. The third kappa shape index (κ3) is 3.29. The van der Waals surface area contributed by atoms with Crippen LogP contribution in [0.15, 0.2) is 18.2 Å². The first-order chi connectivity index (χ1) is 8.67. The van der Waals surface area contributed by atoms with E-state index in [9.17, 15) is 4.79 Å². The molecule has 0 spiro atoms. The Kier molecular flexibility index (Phi) is 5.78.